The number of allylic oxidation sites excluding steroid dienone is 2. The number of benzene rings is 2. The third kappa shape index (κ3) is 2.31. The maximum absolute atomic E-state index is 13.0. The first-order chi connectivity index (χ1) is 12.4. The van der Waals surface area contributed by atoms with Crippen molar-refractivity contribution in [1.82, 2.24) is 0 Å². The number of rotatable bonds is 2. The molecule has 26 heavy (non-hydrogen) atoms. The fourth-order valence-corrected chi connectivity index (χ4v) is 3.27. The Morgan fingerprint density at radius 1 is 0.962 bits per heavy atom. The summed E-state index contributed by atoms with van der Waals surface area (Å²) in [5.74, 6) is -1.04. The fourth-order valence-electron chi connectivity index (χ4n) is 3.08. The molecule has 4 rings (SSSR count). The average molecular weight is 363 g/mol. The van der Waals surface area contributed by atoms with E-state index in [9.17, 15) is 14.7 Å². The summed E-state index contributed by atoms with van der Waals surface area (Å²) >= 11 is 5.25. The van der Waals surface area contributed by atoms with Crippen LogP contribution >= 0.6 is 12.2 Å². The molecule has 0 aromatic heterocycles. The summed E-state index contributed by atoms with van der Waals surface area (Å²) in [6, 6.07) is 9.18. The highest BCUT2D eigenvalue weighted by molar-refractivity contribution is 7.81. The minimum atomic E-state index is -1.42. The van der Waals surface area contributed by atoms with Crippen molar-refractivity contribution in [1.29, 1.82) is 0 Å². The molecule has 2 aromatic carbocycles. The summed E-state index contributed by atoms with van der Waals surface area (Å²) in [4.78, 5) is 26.1. The number of hydrogen-bond donors (Lipinski definition) is 2. The summed E-state index contributed by atoms with van der Waals surface area (Å²) in [7, 11) is 0. The van der Waals surface area contributed by atoms with E-state index in [0.717, 1.165) is 0 Å². The maximum atomic E-state index is 13.0. The molecule has 0 amide bonds. The SMILES string of the molecule is NC1(Oc2ccc(O)c3c2C(=O)c2ccccc2C3=O)C=CC=CC1=S. The van der Waals surface area contributed by atoms with Crippen molar-refractivity contribution in [3.63, 3.8) is 0 Å². The summed E-state index contributed by atoms with van der Waals surface area (Å²) in [5.41, 5.74) is 5.21. The van der Waals surface area contributed by atoms with Crippen molar-refractivity contribution in [2.45, 2.75) is 5.72 Å². The van der Waals surface area contributed by atoms with E-state index in [0.29, 0.717) is 4.86 Å². The second-order valence-corrected chi connectivity index (χ2v) is 6.45. The van der Waals surface area contributed by atoms with Crippen LogP contribution in [-0.4, -0.2) is 27.3 Å². The van der Waals surface area contributed by atoms with Gasteiger partial charge in [-0.15, -0.1) is 0 Å². The van der Waals surface area contributed by atoms with Gasteiger partial charge in [-0.05, 0) is 24.3 Å². The van der Waals surface area contributed by atoms with Crippen LogP contribution in [0.5, 0.6) is 11.5 Å². The zero-order valence-corrected chi connectivity index (χ0v) is 14.2. The molecule has 3 N–H and O–H groups in total. The molecule has 0 heterocycles. The highest BCUT2D eigenvalue weighted by atomic mass is 32.1. The largest absolute Gasteiger partial charge is 0.507 e. The molecule has 1 atom stereocenters. The van der Waals surface area contributed by atoms with Crippen molar-refractivity contribution in [2.24, 2.45) is 5.73 Å². The van der Waals surface area contributed by atoms with Crippen LogP contribution in [-0.2, 0) is 0 Å². The number of nitrogens with two attached hydrogens (primary N) is 1. The van der Waals surface area contributed by atoms with Gasteiger partial charge in [0.25, 0.3) is 0 Å². The Kier molecular flexibility index (Phi) is 3.61. The first-order valence-electron chi connectivity index (χ1n) is 7.85. The van der Waals surface area contributed by atoms with E-state index >= 15 is 0 Å². The van der Waals surface area contributed by atoms with Crippen LogP contribution in [0.3, 0.4) is 0 Å². The van der Waals surface area contributed by atoms with Gasteiger partial charge in [0, 0.05) is 11.1 Å². The summed E-state index contributed by atoms with van der Waals surface area (Å²) in [6.45, 7) is 0. The van der Waals surface area contributed by atoms with Gasteiger partial charge in [0.1, 0.15) is 11.5 Å². The minimum Gasteiger partial charge on any atom is -0.507 e. The molecule has 0 bridgehead atoms. The Morgan fingerprint density at radius 3 is 2.27 bits per heavy atom. The van der Waals surface area contributed by atoms with Gasteiger partial charge in [-0.25, -0.2) is 0 Å². The molecule has 0 saturated carbocycles. The monoisotopic (exact) mass is 363 g/mol. The number of carbonyl (C=O) groups excluding carboxylic acids is 2. The van der Waals surface area contributed by atoms with Crippen LogP contribution in [0.1, 0.15) is 31.8 Å². The normalized spacial score (nSPS) is 20.7. The summed E-state index contributed by atoms with van der Waals surface area (Å²) < 4.78 is 5.86. The van der Waals surface area contributed by atoms with Gasteiger partial charge in [-0.3, -0.25) is 15.3 Å². The number of phenols is 1. The molecule has 0 spiro atoms. The van der Waals surface area contributed by atoms with E-state index in [-0.39, 0.29) is 33.8 Å². The van der Waals surface area contributed by atoms with Gasteiger partial charge in [0.15, 0.2) is 11.6 Å². The second kappa shape index (κ2) is 5.72. The van der Waals surface area contributed by atoms with Gasteiger partial charge in [0.2, 0.25) is 5.72 Å². The molecule has 0 aliphatic heterocycles. The molecule has 2 aromatic rings. The van der Waals surface area contributed by atoms with Crippen LogP contribution in [0.15, 0.2) is 60.7 Å². The number of aromatic hydroxyl groups is 1. The molecule has 2 aliphatic carbocycles. The number of ketones is 2. The van der Waals surface area contributed by atoms with E-state index in [1.165, 1.54) is 12.1 Å². The van der Waals surface area contributed by atoms with Gasteiger partial charge in [0.05, 0.1) is 16.0 Å². The molecule has 2 aliphatic rings. The van der Waals surface area contributed by atoms with Crippen molar-refractivity contribution in [2.75, 3.05) is 0 Å². The summed E-state index contributed by atoms with van der Waals surface area (Å²) in [5, 5.41) is 10.2. The van der Waals surface area contributed by atoms with E-state index in [1.807, 2.05) is 0 Å². The number of ether oxygens (including phenoxy) is 1. The molecule has 0 saturated heterocycles. The number of fused-ring (bicyclic) bond motifs is 2. The number of thiocarbonyl (C=S) groups is 1. The molecule has 128 valence electrons. The van der Waals surface area contributed by atoms with Crippen LogP contribution in [0, 0.1) is 0 Å². The van der Waals surface area contributed by atoms with E-state index < -0.39 is 17.3 Å². The molecule has 5 nitrogen and oxygen atoms in total. The lowest BCUT2D eigenvalue weighted by atomic mass is 9.83. The first-order valence-corrected chi connectivity index (χ1v) is 8.26. The van der Waals surface area contributed by atoms with Crippen molar-refractivity contribution in [3.05, 3.63) is 83.0 Å². The quantitative estimate of drug-likeness (QED) is 0.537. The number of hydrogen-bond acceptors (Lipinski definition) is 6. The third-order valence-electron chi connectivity index (χ3n) is 4.38. The van der Waals surface area contributed by atoms with Gasteiger partial charge >= 0.3 is 0 Å². The highest BCUT2D eigenvalue weighted by Crippen LogP contribution is 2.39. The lowest BCUT2D eigenvalue weighted by molar-refractivity contribution is 0.0969. The van der Waals surface area contributed by atoms with E-state index in [2.05, 4.69) is 0 Å². The molecule has 0 radical (unpaired) electrons. The number of carbonyl (C=O) groups is 2. The predicted molar refractivity (Wildman–Crippen MR) is 99.8 cm³/mol. The zero-order chi connectivity index (χ0) is 18.5. The Morgan fingerprint density at radius 2 is 1.62 bits per heavy atom. The average Bonchev–Trinajstić information content (AvgIpc) is 2.64. The van der Waals surface area contributed by atoms with Gasteiger partial charge < -0.3 is 9.84 Å². The number of phenolic OH excluding ortho intramolecular Hbond substituents is 1. The standard InChI is InChI=1S/C20H13NO4S/c21-20(10-4-3-7-15(20)26)25-14-9-8-13(22)16-17(14)19(24)12-6-2-1-5-11(12)18(16)23/h1-10,22H,21H2. The van der Waals surface area contributed by atoms with E-state index in [1.54, 1.807) is 48.6 Å². The van der Waals surface area contributed by atoms with Crippen LogP contribution in [0.2, 0.25) is 0 Å². The maximum Gasteiger partial charge on any atom is 0.214 e. The molecular weight excluding hydrogens is 350 g/mol. The molecule has 1 unspecified atom stereocenters. The van der Waals surface area contributed by atoms with Crippen LogP contribution in [0.4, 0.5) is 0 Å². The van der Waals surface area contributed by atoms with Crippen LogP contribution in [0.25, 0.3) is 0 Å². The Bertz CT molecular complexity index is 1050. The van der Waals surface area contributed by atoms with Crippen molar-refractivity contribution >= 4 is 28.6 Å². The van der Waals surface area contributed by atoms with Crippen LogP contribution < -0.4 is 10.5 Å². The first kappa shape index (κ1) is 16.4. The Hall–Kier alpha value is -3.09. The molecule has 6 heteroatoms. The van der Waals surface area contributed by atoms with Crippen molar-refractivity contribution < 1.29 is 19.4 Å². The zero-order valence-electron chi connectivity index (χ0n) is 13.4. The Balaban J connectivity index is 1.89. The predicted octanol–water partition coefficient (Wildman–Crippen LogP) is 2.70. The molecular formula is C20H13NO4S. The van der Waals surface area contributed by atoms with E-state index in [4.69, 9.17) is 22.7 Å². The minimum absolute atomic E-state index is 0.00993. The lowest BCUT2D eigenvalue weighted by Crippen LogP contribution is -2.51. The third-order valence-corrected chi connectivity index (χ3v) is 4.84. The van der Waals surface area contributed by atoms with Gasteiger partial charge in [-0.1, -0.05) is 48.6 Å². The summed E-state index contributed by atoms with van der Waals surface area (Å²) in [6.07, 6.45) is 6.61. The highest BCUT2D eigenvalue weighted by Gasteiger charge is 2.37. The molecule has 0 fully saturated rings. The fraction of sp³-hybridized carbons (Fsp3) is 0.0500. The van der Waals surface area contributed by atoms with Crippen molar-refractivity contribution in [3.8, 4) is 11.5 Å². The Labute approximate surface area is 154 Å². The lowest BCUT2D eigenvalue weighted by Gasteiger charge is -2.30. The second-order valence-electron chi connectivity index (χ2n) is 6.01. The smallest absolute Gasteiger partial charge is 0.214 e. The van der Waals surface area contributed by atoms with Gasteiger partial charge in [-0.2, -0.15) is 0 Å². The topological polar surface area (TPSA) is 89.6 Å².